The molecule has 1 aromatic rings. The normalized spacial score (nSPS) is 18.2. The standard InChI is InChI=1S/C15H19N3OS/c1-10-4-5-12(17-15(20)16-11-6-7-11)9-13(10)18-8-2-3-14(18)19/h4-5,9,11H,2-3,6-8H2,1H3,(H2,16,17,20). The van der Waals surface area contributed by atoms with Gasteiger partial charge < -0.3 is 15.5 Å². The maximum absolute atomic E-state index is 11.9. The molecule has 5 heteroatoms. The Balaban J connectivity index is 1.75. The van der Waals surface area contributed by atoms with E-state index >= 15 is 0 Å². The lowest BCUT2D eigenvalue weighted by Crippen LogP contribution is -2.30. The van der Waals surface area contributed by atoms with Crippen molar-refractivity contribution in [3.8, 4) is 0 Å². The molecule has 1 aromatic carbocycles. The summed E-state index contributed by atoms with van der Waals surface area (Å²) in [5.41, 5.74) is 3.04. The van der Waals surface area contributed by atoms with E-state index in [9.17, 15) is 4.79 Å². The third-order valence-corrected chi connectivity index (χ3v) is 3.96. The van der Waals surface area contributed by atoms with Crippen LogP contribution < -0.4 is 15.5 Å². The molecule has 4 nitrogen and oxygen atoms in total. The van der Waals surface area contributed by atoms with Crippen molar-refractivity contribution in [1.29, 1.82) is 0 Å². The van der Waals surface area contributed by atoms with Crippen LogP contribution in [0.15, 0.2) is 18.2 Å². The zero-order chi connectivity index (χ0) is 14.1. The summed E-state index contributed by atoms with van der Waals surface area (Å²) in [6.07, 6.45) is 3.99. The van der Waals surface area contributed by atoms with E-state index in [2.05, 4.69) is 10.6 Å². The van der Waals surface area contributed by atoms with Gasteiger partial charge in [-0.15, -0.1) is 0 Å². The lowest BCUT2D eigenvalue weighted by Gasteiger charge is -2.20. The minimum Gasteiger partial charge on any atom is -0.360 e. The summed E-state index contributed by atoms with van der Waals surface area (Å²) >= 11 is 5.28. The van der Waals surface area contributed by atoms with Crippen molar-refractivity contribution in [2.45, 2.75) is 38.6 Å². The van der Waals surface area contributed by atoms with E-state index in [4.69, 9.17) is 12.2 Å². The summed E-state index contributed by atoms with van der Waals surface area (Å²) < 4.78 is 0. The van der Waals surface area contributed by atoms with Gasteiger partial charge in [0.15, 0.2) is 5.11 Å². The Bertz CT molecular complexity index is 554. The van der Waals surface area contributed by atoms with Crippen LogP contribution in [0.5, 0.6) is 0 Å². The Morgan fingerprint density at radius 2 is 2.20 bits per heavy atom. The van der Waals surface area contributed by atoms with Gasteiger partial charge in [-0.3, -0.25) is 4.79 Å². The minimum absolute atomic E-state index is 0.212. The second-order valence-electron chi connectivity index (χ2n) is 5.52. The molecule has 2 aliphatic rings. The van der Waals surface area contributed by atoms with Crippen LogP contribution in [0, 0.1) is 6.92 Å². The number of carbonyl (C=O) groups excluding carboxylic acids is 1. The van der Waals surface area contributed by atoms with E-state index < -0.39 is 0 Å². The van der Waals surface area contributed by atoms with Crippen molar-refractivity contribution in [1.82, 2.24) is 5.32 Å². The molecule has 1 heterocycles. The second-order valence-corrected chi connectivity index (χ2v) is 5.93. The molecule has 1 aliphatic heterocycles. The number of thiocarbonyl (C=S) groups is 1. The molecule has 1 saturated carbocycles. The van der Waals surface area contributed by atoms with Crippen molar-refractivity contribution in [2.24, 2.45) is 0 Å². The van der Waals surface area contributed by atoms with E-state index in [1.54, 1.807) is 0 Å². The number of benzene rings is 1. The van der Waals surface area contributed by atoms with Gasteiger partial charge >= 0.3 is 0 Å². The van der Waals surface area contributed by atoms with E-state index in [1.165, 1.54) is 12.8 Å². The van der Waals surface area contributed by atoms with Crippen LogP contribution in [-0.4, -0.2) is 23.6 Å². The van der Waals surface area contributed by atoms with E-state index in [0.29, 0.717) is 17.6 Å². The molecule has 0 atom stereocenters. The van der Waals surface area contributed by atoms with Crippen LogP contribution in [0.25, 0.3) is 0 Å². The maximum atomic E-state index is 11.9. The molecule has 106 valence electrons. The van der Waals surface area contributed by atoms with Crippen LogP contribution in [0.4, 0.5) is 11.4 Å². The number of anilines is 2. The third-order valence-electron chi connectivity index (χ3n) is 3.74. The second kappa shape index (κ2) is 5.40. The molecular weight excluding hydrogens is 270 g/mol. The number of rotatable bonds is 3. The Morgan fingerprint density at radius 1 is 1.40 bits per heavy atom. The number of nitrogens with zero attached hydrogens (tertiary/aromatic N) is 1. The highest BCUT2D eigenvalue weighted by Crippen LogP contribution is 2.28. The summed E-state index contributed by atoms with van der Waals surface area (Å²) in [5, 5.41) is 7.12. The predicted molar refractivity (Wildman–Crippen MR) is 85.1 cm³/mol. The van der Waals surface area contributed by atoms with Gasteiger partial charge in [-0.05, 0) is 56.1 Å². The van der Waals surface area contributed by atoms with Crippen LogP contribution >= 0.6 is 12.2 Å². The Morgan fingerprint density at radius 3 is 2.85 bits per heavy atom. The molecule has 1 aliphatic carbocycles. The molecule has 0 radical (unpaired) electrons. The predicted octanol–water partition coefficient (Wildman–Crippen LogP) is 2.57. The molecule has 1 saturated heterocycles. The van der Waals surface area contributed by atoms with E-state index in [0.717, 1.165) is 29.9 Å². The quantitative estimate of drug-likeness (QED) is 0.840. The van der Waals surface area contributed by atoms with Crippen molar-refractivity contribution in [3.05, 3.63) is 23.8 Å². The topological polar surface area (TPSA) is 44.4 Å². The first-order valence-corrected chi connectivity index (χ1v) is 7.53. The summed E-state index contributed by atoms with van der Waals surface area (Å²) in [6.45, 7) is 2.85. The Labute approximate surface area is 124 Å². The van der Waals surface area contributed by atoms with Crippen molar-refractivity contribution in [3.63, 3.8) is 0 Å². The van der Waals surface area contributed by atoms with Gasteiger partial charge in [0.05, 0.1) is 0 Å². The molecule has 0 bridgehead atoms. The van der Waals surface area contributed by atoms with Gasteiger partial charge in [0, 0.05) is 30.4 Å². The molecule has 0 unspecified atom stereocenters. The van der Waals surface area contributed by atoms with Crippen LogP contribution in [0.3, 0.4) is 0 Å². The SMILES string of the molecule is Cc1ccc(NC(=S)NC2CC2)cc1N1CCCC1=O. The third kappa shape index (κ3) is 2.93. The molecule has 2 fully saturated rings. The largest absolute Gasteiger partial charge is 0.360 e. The highest BCUT2D eigenvalue weighted by Gasteiger charge is 2.24. The Kier molecular flexibility index (Phi) is 3.61. The van der Waals surface area contributed by atoms with Gasteiger partial charge in [-0.25, -0.2) is 0 Å². The van der Waals surface area contributed by atoms with Crippen molar-refractivity contribution in [2.75, 3.05) is 16.8 Å². The monoisotopic (exact) mass is 289 g/mol. The maximum Gasteiger partial charge on any atom is 0.227 e. The number of aryl methyl sites for hydroxylation is 1. The molecule has 3 rings (SSSR count). The summed E-state index contributed by atoms with van der Waals surface area (Å²) in [5.74, 6) is 0.212. The fourth-order valence-corrected chi connectivity index (χ4v) is 2.75. The first-order chi connectivity index (χ1) is 9.63. The molecule has 20 heavy (non-hydrogen) atoms. The average Bonchev–Trinajstić information content (AvgIpc) is 3.11. The summed E-state index contributed by atoms with van der Waals surface area (Å²) in [4.78, 5) is 13.8. The molecule has 0 spiro atoms. The number of hydrogen-bond donors (Lipinski definition) is 2. The van der Waals surface area contributed by atoms with Crippen LogP contribution in [-0.2, 0) is 4.79 Å². The number of hydrogen-bond acceptors (Lipinski definition) is 2. The lowest BCUT2D eigenvalue weighted by atomic mass is 10.1. The zero-order valence-corrected chi connectivity index (χ0v) is 12.4. The van der Waals surface area contributed by atoms with Gasteiger partial charge in [0.1, 0.15) is 0 Å². The molecule has 1 amide bonds. The fraction of sp³-hybridized carbons (Fsp3) is 0.467. The smallest absolute Gasteiger partial charge is 0.227 e. The van der Waals surface area contributed by atoms with Gasteiger partial charge in [-0.2, -0.15) is 0 Å². The lowest BCUT2D eigenvalue weighted by molar-refractivity contribution is -0.117. The van der Waals surface area contributed by atoms with Gasteiger partial charge in [0.25, 0.3) is 0 Å². The first kappa shape index (κ1) is 13.4. The Hall–Kier alpha value is -1.62. The molecule has 0 aromatic heterocycles. The summed E-state index contributed by atoms with van der Waals surface area (Å²) in [6, 6.07) is 6.59. The van der Waals surface area contributed by atoms with Crippen molar-refractivity contribution < 1.29 is 4.79 Å². The number of nitrogens with one attached hydrogen (secondary N) is 2. The first-order valence-electron chi connectivity index (χ1n) is 7.12. The highest BCUT2D eigenvalue weighted by atomic mass is 32.1. The fourth-order valence-electron chi connectivity index (χ4n) is 2.46. The van der Waals surface area contributed by atoms with Crippen LogP contribution in [0.2, 0.25) is 0 Å². The van der Waals surface area contributed by atoms with E-state index in [1.807, 2.05) is 30.0 Å². The molecule has 2 N–H and O–H groups in total. The van der Waals surface area contributed by atoms with Crippen molar-refractivity contribution >= 4 is 34.6 Å². The number of amides is 1. The highest BCUT2D eigenvalue weighted by molar-refractivity contribution is 7.80. The van der Waals surface area contributed by atoms with Gasteiger partial charge in [-0.1, -0.05) is 6.07 Å². The van der Waals surface area contributed by atoms with Crippen LogP contribution in [0.1, 0.15) is 31.2 Å². The van der Waals surface area contributed by atoms with E-state index in [-0.39, 0.29) is 5.91 Å². The molecular formula is C15H19N3OS. The minimum atomic E-state index is 0.212. The zero-order valence-electron chi connectivity index (χ0n) is 11.6. The average molecular weight is 289 g/mol. The van der Waals surface area contributed by atoms with Gasteiger partial charge in [0.2, 0.25) is 5.91 Å². The summed E-state index contributed by atoms with van der Waals surface area (Å²) in [7, 11) is 0. The number of carbonyl (C=O) groups is 1.